The standard InChI is InChI=1S/C27H26ClN3O5S2/c1-35-19-10-12-20(13-11-19)38(33,34)31-16-6-9-22(31)26(32)30(17-18-7-4-3-5-8-18)27-29-24-23(36-2)15-14-21(28)25(24)37-27/h3-5,7-8,10-15,22H,6,9,16-17H2,1-2H3. The third-order valence-electron chi connectivity index (χ3n) is 6.50. The van der Waals surface area contributed by atoms with Gasteiger partial charge in [-0.2, -0.15) is 4.31 Å². The highest BCUT2D eigenvalue weighted by Crippen LogP contribution is 2.40. The van der Waals surface area contributed by atoms with Crippen LogP contribution in [0.15, 0.2) is 71.6 Å². The number of hydrogen-bond donors (Lipinski definition) is 0. The van der Waals surface area contributed by atoms with Crippen LogP contribution in [0.25, 0.3) is 10.2 Å². The van der Waals surface area contributed by atoms with E-state index in [4.69, 9.17) is 26.1 Å². The van der Waals surface area contributed by atoms with Gasteiger partial charge in [-0.25, -0.2) is 13.4 Å². The molecule has 38 heavy (non-hydrogen) atoms. The molecule has 2 heterocycles. The number of carbonyl (C=O) groups is 1. The van der Waals surface area contributed by atoms with E-state index in [0.29, 0.717) is 44.7 Å². The first-order valence-corrected chi connectivity index (χ1v) is 14.6. The number of halogens is 1. The van der Waals surface area contributed by atoms with E-state index in [1.807, 2.05) is 30.3 Å². The van der Waals surface area contributed by atoms with Gasteiger partial charge in [-0.15, -0.1) is 0 Å². The van der Waals surface area contributed by atoms with E-state index in [1.54, 1.807) is 36.3 Å². The van der Waals surface area contributed by atoms with Crippen LogP contribution < -0.4 is 14.4 Å². The summed E-state index contributed by atoms with van der Waals surface area (Å²) in [5.41, 5.74) is 1.45. The lowest BCUT2D eigenvalue weighted by molar-refractivity contribution is -0.121. The molecule has 1 fully saturated rings. The van der Waals surface area contributed by atoms with E-state index in [1.165, 1.54) is 34.9 Å². The SMILES string of the molecule is COc1ccc(S(=O)(=O)N2CCCC2C(=O)N(Cc2ccccc2)c2nc3c(OC)ccc(Cl)c3s2)cc1. The lowest BCUT2D eigenvalue weighted by Gasteiger charge is -2.28. The predicted molar refractivity (Wildman–Crippen MR) is 149 cm³/mol. The maximum atomic E-state index is 14.2. The molecule has 1 atom stereocenters. The molecule has 11 heteroatoms. The van der Waals surface area contributed by atoms with Crippen molar-refractivity contribution in [1.82, 2.24) is 9.29 Å². The minimum absolute atomic E-state index is 0.115. The molecule has 3 aromatic carbocycles. The van der Waals surface area contributed by atoms with Crippen LogP contribution >= 0.6 is 22.9 Å². The molecular weight excluding hydrogens is 546 g/mol. The zero-order chi connectivity index (χ0) is 26.9. The van der Waals surface area contributed by atoms with E-state index in [2.05, 4.69) is 0 Å². The minimum atomic E-state index is -3.92. The van der Waals surface area contributed by atoms with Gasteiger partial charge in [-0.05, 0) is 54.8 Å². The first kappa shape index (κ1) is 26.4. The molecule has 0 aliphatic carbocycles. The molecular formula is C27H26ClN3O5S2. The molecule has 1 aliphatic heterocycles. The number of anilines is 1. The summed E-state index contributed by atoms with van der Waals surface area (Å²) in [6.45, 7) is 0.482. The minimum Gasteiger partial charge on any atom is -0.497 e. The summed E-state index contributed by atoms with van der Waals surface area (Å²) in [6, 6.07) is 18.3. The second-order valence-electron chi connectivity index (χ2n) is 8.78. The Morgan fingerprint density at radius 2 is 1.82 bits per heavy atom. The van der Waals surface area contributed by atoms with Crippen molar-refractivity contribution in [1.29, 1.82) is 0 Å². The average Bonchev–Trinajstić information content (AvgIpc) is 3.61. The first-order valence-electron chi connectivity index (χ1n) is 12.0. The zero-order valence-corrected chi connectivity index (χ0v) is 23.2. The fraction of sp³-hybridized carbons (Fsp3) is 0.259. The van der Waals surface area contributed by atoms with Gasteiger partial charge in [0.05, 0.1) is 35.4 Å². The van der Waals surface area contributed by atoms with Crippen molar-refractivity contribution in [3.8, 4) is 11.5 Å². The number of fused-ring (bicyclic) bond motifs is 1. The molecule has 1 saturated heterocycles. The van der Waals surface area contributed by atoms with Crippen LogP contribution in [-0.2, 0) is 21.4 Å². The number of rotatable bonds is 8. The fourth-order valence-corrected chi connectivity index (χ4v) is 7.48. The molecule has 198 valence electrons. The Kier molecular flexibility index (Phi) is 7.58. The number of amides is 1. The summed E-state index contributed by atoms with van der Waals surface area (Å²) >= 11 is 7.74. The van der Waals surface area contributed by atoms with Crippen LogP contribution in [0.4, 0.5) is 5.13 Å². The van der Waals surface area contributed by atoms with Crippen molar-refractivity contribution >= 4 is 54.2 Å². The topological polar surface area (TPSA) is 89.0 Å². The summed E-state index contributed by atoms with van der Waals surface area (Å²) in [5, 5.41) is 0.926. The number of thiazole rings is 1. The molecule has 0 N–H and O–H groups in total. The number of ether oxygens (including phenoxy) is 2. The normalized spacial score (nSPS) is 16.0. The number of methoxy groups -OCH3 is 2. The Bertz CT molecular complexity index is 1560. The van der Waals surface area contributed by atoms with Gasteiger partial charge in [0, 0.05) is 6.54 Å². The maximum absolute atomic E-state index is 14.2. The molecule has 0 spiro atoms. The highest BCUT2D eigenvalue weighted by atomic mass is 35.5. The summed E-state index contributed by atoms with van der Waals surface area (Å²) in [7, 11) is -0.847. The summed E-state index contributed by atoms with van der Waals surface area (Å²) < 4.78 is 39.8. The molecule has 8 nitrogen and oxygen atoms in total. The van der Waals surface area contributed by atoms with E-state index in [9.17, 15) is 13.2 Å². The predicted octanol–water partition coefficient (Wildman–Crippen LogP) is 5.35. The van der Waals surface area contributed by atoms with Crippen LogP contribution in [0, 0.1) is 0 Å². The number of sulfonamides is 1. The van der Waals surface area contributed by atoms with Gasteiger partial charge in [-0.3, -0.25) is 9.69 Å². The second-order valence-corrected chi connectivity index (χ2v) is 12.1. The van der Waals surface area contributed by atoms with E-state index in [-0.39, 0.29) is 23.9 Å². The molecule has 1 amide bonds. The Balaban J connectivity index is 1.54. The van der Waals surface area contributed by atoms with Gasteiger partial charge >= 0.3 is 0 Å². The first-order chi connectivity index (χ1) is 18.3. The maximum Gasteiger partial charge on any atom is 0.247 e. The van der Waals surface area contributed by atoms with Crippen molar-refractivity contribution in [2.45, 2.75) is 30.3 Å². The highest BCUT2D eigenvalue weighted by Gasteiger charge is 2.42. The quantitative estimate of drug-likeness (QED) is 0.283. The third kappa shape index (κ3) is 4.96. The van der Waals surface area contributed by atoms with Crippen LogP contribution in [0.3, 0.4) is 0 Å². The molecule has 0 saturated carbocycles. The van der Waals surface area contributed by atoms with Crippen molar-refractivity contribution < 1.29 is 22.7 Å². The van der Waals surface area contributed by atoms with Crippen LogP contribution in [0.5, 0.6) is 11.5 Å². The van der Waals surface area contributed by atoms with Crippen LogP contribution in [-0.4, -0.2) is 50.4 Å². The molecule has 1 unspecified atom stereocenters. The average molecular weight is 572 g/mol. The summed E-state index contributed by atoms with van der Waals surface area (Å²) in [5.74, 6) is 0.762. The van der Waals surface area contributed by atoms with Gasteiger partial charge in [0.1, 0.15) is 23.1 Å². The molecule has 1 aromatic heterocycles. The lowest BCUT2D eigenvalue weighted by Crippen LogP contribution is -2.47. The molecule has 4 aromatic rings. The van der Waals surface area contributed by atoms with Gasteiger partial charge in [0.2, 0.25) is 15.9 Å². The Labute approximate surface area is 230 Å². The van der Waals surface area contributed by atoms with Crippen LogP contribution in [0.1, 0.15) is 18.4 Å². The van der Waals surface area contributed by atoms with E-state index < -0.39 is 16.1 Å². The Hall–Kier alpha value is -3.18. The Morgan fingerprint density at radius 1 is 1.08 bits per heavy atom. The number of nitrogens with zero attached hydrogens (tertiary/aromatic N) is 3. The molecule has 0 radical (unpaired) electrons. The van der Waals surface area contributed by atoms with Gasteiger partial charge in [0.15, 0.2) is 5.13 Å². The Morgan fingerprint density at radius 3 is 2.50 bits per heavy atom. The fourth-order valence-electron chi connectivity index (χ4n) is 4.56. The van der Waals surface area contributed by atoms with Gasteiger partial charge in [-0.1, -0.05) is 53.3 Å². The monoisotopic (exact) mass is 571 g/mol. The van der Waals surface area contributed by atoms with E-state index in [0.717, 1.165) is 5.56 Å². The number of benzene rings is 3. The zero-order valence-electron chi connectivity index (χ0n) is 20.8. The number of carbonyl (C=O) groups excluding carboxylic acids is 1. The third-order valence-corrected chi connectivity index (χ3v) is 9.96. The van der Waals surface area contributed by atoms with Gasteiger partial charge in [0.25, 0.3) is 0 Å². The van der Waals surface area contributed by atoms with Crippen molar-refractivity contribution in [2.24, 2.45) is 0 Å². The molecule has 5 rings (SSSR count). The summed E-state index contributed by atoms with van der Waals surface area (Å²) in [4.78, 5) is 20.6. The van der Waals surface area contributed by atoms with Crippen molar-refractivity contribution in [3.05, 3.63) is 77.3 Å². The smallest absolute Gasteiger partial charge is 0.247 e. The number of aromatic nitrogens is 1. The van der Waals surface area contributed by atoms with Crippen molar-refractivity contribution in [3.63, 3.8) is 0 Å². The molecule has 1 aliphatic rings. The van der Waals surface area contributed by atoms with Crippen molar-refractivity contribution in [2.75, 3.05) is 25.7 Å². The number of hydrogen-bond acceptors (Lipinski definition) is 7. The highest BCUT2D eigenvalue weighted by molar-refractivity contribution is 7.89. The lowest BCUT2D eigenvalue weighted by atomic mass is 10.1. The van der Waals surface area contributed by atoms with Crippen LogP contribution in [0.2, 0.25) is 5.02 Å². The second kappa shape index (κ2) is 10.9. The largest absolute Gasteiger partial charge is 0.497 e. The molecule has 0 bridgehead atoms. The van der Waals surface area contributed by atoms with E-state index >= 15 is 0 Å². The van der Waals surface area contributed by atoms with Gasteiger partial charge < -0.3 is 9.47 Å². The summed E-state index contributed by atoms with van der Waals surface area (Å²) in [6.07, 6.45) is 0.985.